The lowest BCUT2D eigenvalue weighted by Crippen LogP contribution is -2.51. The van der Waals surface area contributed by atoms with E-state index in [1.165, 1.54) is 74.9 Å². The van der Waals surface area contributed by atoms with Crippen LogP contribution in [-0.4, -0.2) is 67.1 Å². The maximum atomic E-state index is 13.4. The topological polar surface area (TPSA) is 244 Å². The van der Waals surface area contributed by atoms with Crippen molar-refractivity contribution in [2.45, 2.75) is 21.6 Å². The van der Waals surface area contributed by atoms with Gasteiger partial charge >= 0.3 is 32.2 Å². The molecule has 4 aromatic rings. The number of esters is 2. The average Bonchev–Trinajstić information content (AvgIpc) is 3.14. The number of para-hydroxylation sites is 2. The summed E-state index contributed by atoms with van der Waals surface area (Å²) in [5.41, 5.74) is -0.833. The SMILES string of the molecule is COC(=O)C1C(c2ccc(OS(=O)(=O)c3ccccc3[N+](=O)[O-])c(OC)c2)C(C(=O)OC)C1c1ccc(OS(=O)(=O)c2ccccc2[N+](=O)[O-])c(OC)c1. The van der Waals surface area contributed by atoms with Crippen molar-refractivity contribution in [1.82, 2.24) is 0 Å². The fraction of sp³-hybridized carbons (Fsp3) is 0.235. The van der Waals surface area contributed by atoms with Crippen LogP contribution < -0.4 is 17.8 Å². The first kappa shape index (κ1) is 38.9. The van der Waals surface area contributed by atoms with Crippen LogP contribution in [0.2, 0.25) is 0 Å². The molecule has 0 aliphatic heterocycles. The molecule has 0 unspecified atom stereocenters. The van der Waals surface area contributed by atoms with E-state index < -0.39 is 86.9 Å². The van der Waals surface area contributed by atoms with Gasteiger partial charge in [0.15, 0.2) is 32.8 Å². The van der Waals surface area contributed by atoms with Gasteiger partial charge in [0.2, 0.25) is 0 Å². The number of rotatable bonds is 14. The van der Waals surface area contributed by atoms with Crippen molar-refractivity contribution < 1.29 is 63.6 Å². The number of carbonyl (C=O) groups excluding carboxylic acids is 2. The number of nitro groups is 2. The van der Waals surface area contributed by atoms with Crippen molar-refractivity contribution in [3.63, 3.8) is 0 Å². The molecule has 0 N–H and O–H groups in total. The molecular weight excluding hydrogens is 757 g/mol. The van der Waals surface area contributed by atoms with Crippen LogP contribution >= 0.6 is 0 Å². The van der Waals surface area contributed by atoms with E-state index in [0.29, 0.717) is 11.1 Å². The molecule has 1 aliphatic rings. The molecule has 1 fully saturated rings. The number of carbonyl (C=O) groups is 2. The third-order valence-electron chi connectivity index (χ3n) is 8.70. The van der Waals surface area contributed by atoms with Gasteiger partial charge < -0.3 is 27.3 Å². The number of nitro benzene ring substituents is 2. The molecule has 18 nitrogen and oxygen atoms in total. The Bertz CT molecular complexity index is 2190. The van der Waals surface area contributed by atoms with E-state index in [9.17, 15) is 46.7 Å². The normalized spacial score (nSPS) is 18.0. The van der Waals surface area contributed by atoms with Crippen LogP contribution in [0.4, 0.5) is 11.4 Å². The fourth-order valence-corrected chi connectivity index (χ4v) is 8.54. The van der Waals surface area contributed by atoms with E-state index in [1.54, 1.807) is 0 Å². The zero-order chi connectivity index (χ0) is 39.5. The van der Waals surface area contributed by atoms with E-state index in [-0.39, 0.29) is 23.0 Å². The Balaban J connectivity index is 1.52. The van der Waals surface area contributed by atoms with Crippen molar-refractivity contribution >= 4 is 43.5 Å². The molecule has 0 atom stereocenters. The zero-order valence-corrected chi connectivity index (χ0v) is 30.3. The predicted octanol–water partition coefficient (Wildman–Crippen LogP) is 4.52. The standard InChI is InChI=1S/C34H30N2O16S2/c1-47-25-17-19(13-15-23(25)51-53(43,44)27-11-7-5-9-21(27)35(39)40)29-31(33(37)49-3)30(32(29)34(38)50-4)20-14-16-24(26(18-20)48-2)52-54(45,46)28-12-8-6-10-22(28)36(41)42/h5-18,29-32H,1-4H3. The molecule has 0 amide bonds. The van der Waals surface area contributed by atoms with Crippen molar-refractivity contribution in [3.8, 4) is 23.0 Å². The Kier molecular flexibility index (Phi) is 11.1. The second kappa shape index (κ2) is 15.4. The Hall–Kier alpha value is -6.28. The van der Waals surface area contributed by atoms with Crippen LogP contribution in [-0.2, 0) is 39.3 Å². The average molecular weight is 787 g/mol. The van der Waals surface area contributed by atoms with Gasteiger partial charge in [-0.1, -0.05) is 36.4 Å². The molecule has 4 aromatic carbocycles. The summed E-state index contributed by atoms with van der Waals surface area (Å²) in [4.78, 5) is 46.5. The molecule has 0 heterocycles. The summed E-state index contributed by atoms with van der Waals surface area (Å²) in [5.74, 6) is -6.59. The lowest BCUT2D eigenvalue weighted by atomic mass is 9.52. The van der Waals surface area contributed by atoms with Gasteiger partial charge in [-0.25, -0.2) is 0 Å². The quantitative estimate of drug-likeness (QED) is 0.0738. The van der Waals surface area contributed by atoms with E-state index in [1.807, 2.05) is 0 Å². The van der Waals surface area contributed by atoms with Gasteiger partial charge in [-0.3, -0.25) is 29.8 Å². The minimum absolute atomic E-state index is 0.159. The second-order valence-electron chi connectivity index (χ2n) is 11.5. The highest BCUT2D eigenvalue weighted by Gasteiger charge is 2.59. The summed E-state index contributed by atoms with van der Waals surface area (Å²) in [5, 5.41) is 22.9. The molecule has 0 aromatic heterocycles. The molecule has 5 rings (SSSR count). The summed E-state index contributed by atoms with van der Waals surface area (Å²) in [6.45, 7) is 0. The summed E-state index contributed by atoms with van der Waals surface area (Å²) >= 11 is 0. The smallest absolute Gasteiger partial charge is 0.346 e. The first-order valence-corrected chi connectivity index (χ1v) is 18.3. The third-order valence-corrected chi connectivity index (χ3v) is 11.3. The second-order valence-corrected chi connectivity index (χ2v) is 14.5. The number of benzene rings is 4. The van der Waals surface area contributed by atoms with Crippen LogP contribution in [0.1, 0.15) is 23.0 Å². The minimum Gasteiger partial charge on any atom is -0.493 e. The fourth-order valence-electron chi connectivity index (χ4n) is 6.32. The van der Waals surface area contributed by atoms with Crippen LogP contribution in [0.3, 0.4) is 0 Å². The van der Waals surface area contributed by atoms with E-state index in [2.05, 4.69) is 0 Å². The molecule has 1 aliphatic carbocycles. The number of hydrogen-bond donors (Lipinski definition) is 0. The molecule has 0 bridgehead atoms. The van der Waals surface area contributed by atoms with Gasteiger partial charge in [-0.2, -0.15) is 16.8 Å². The maximum absolute atomic E-state index is 13.4. The Morgan fingerprint density at radius 1 is 0.556 bits per heavy atom. The highest BCUT2D eigenvalue weighted by atomic mass is 32.2. The first-order chi connectivity index (χ1) is 25.6. The number of methoxy groups -OCH3 is 4. The number of hydrogen-bond acceptors (Lipinski definition) is 16. The van der Waals surface area contributed by atoms with Gasteiger partial charge in [0.1, 0.15) is 0 Å². The summed E-state index contributed by atoms with van der Waals surface area (Å²) < 4.78 is 83.9. The van der Waals surface area contributed by atoms with Gasteiger partial charge in [0, 0.05) is 24.0 Å². The zero-order valence-electron chi connectivity index (χ0n) is 28.6. The van der Waals surface area contributed by atoms with Crippen molar-refractivity contribution in [2.24, 2.45) is 11.8 Å². The van der Waals surface area contributed by atoms with Crippen molar-refractivity contribution in [3.05, 3.63) is 116 Å². The monoisotopic (exact) mass is 786 g/mol. The van der Waals surface area contributed by atoms with Crippen LogP contribution in [0.5, 0.6) is 23.0 Å². The van der Waals surface area contributed by atoms with Crippen LogP contribution in [0, 0.1) is 32.1 Å². The molecule has 0 saturated heterocycles. The predicted molar refractivity (Wildman–Crippen MR) is 184 cm³/mol. The van der Waals surface area contributed by atoms with Gasteiger partial charge in [-0.05, 0) is 47.5 Å². The molecule has 284 valence electrons. The molecule has 1 saturated carbocycles. The minimum atomic E-state index is -4.75. The van der Waals surface area contributed by atoms with Gasteiger partial charge in [0.25, 0.3) is 11.4 Å². The van der Waals surface area contributed by atoms with Crippen molar-refractivity contribution in [1.29, 1.82) is 0 Å². The molecule has 54 heavy (non-hydrogen) atoms. The van der Waals surface area contributed by atoms with Crippen LogP contribution in [0.15, 0.2) is 94.7 Å². The Labute approximate surface area is 307 Å². The van der Waals surface area contributed by atoms with Gasteiger partial charge in [0.05, 0.1) is 50.1 Å². The number of ether oxygens (including phenoxy) is 4. The lowest BCUT2D eigenvalue weighted by Gasteiger charge is -2.49. The largest absolute Gasteiger partial charge is 0.493 e. The summed E-state index contributed by atoms with van der Waals surface area (Å²) in [6.07, 6.45) is 0. The number of nitrogens with zero attached hydrogens (tertiary/aromatic N) is 2. The highest BCUT2D eigenvalue weighted by Crippen LogP contribution is 2.59. The van der Waals surface area contributed by atoms with Gasteiger partial charge in [-0.15, -0.1) is 0 Å². The highest BCUT2D eigenvalue weighted by molar-refractivity contribution is 7.87. The maximum Gasteiger partial charge on any atom is 0.346 e. The summed E-state index contributed by atoms with van der Waals surface area (Å²) in [7, 11) is -4.82. The molecule has 0 spiro atoms. The Morgan fingerprint density at radius 2 is 0.907 bits per heavy atom. The molecule has 20 heteroatoms. The first-order valence-electron chi connectivity index (χ1n) is 15.5. The van der Waals surface area contributed by atoms with E-state index in [0.717, 1.165) is 38.5 Å². The van der Waals surface area contributed by atoms with Crippen LogP contribution in [0.25, 0.3) is 0 Å². The van der Waals surface area contributed by atoms with E-state index >= 15 is 0 Å². The summed E-state index contributed by atoms with van der Waals surface area (Å²) in [6, 6.07) is 17.0. The third kappa shape index (κ3) is 7.33. The lowest BCUT2D eigenvalue weighted by molar-refractivity contribution is -0.388. The van der Waals surface area contributed by atoms with E-state index in [4.69, 9.17) is 27.3 Å². The Morgan fingerprint density at radius 3 is 1.22 bits per heavy atom. The molecule has 0 radical (unpaired) electrons. The van der Waals surface area contributed by atoms with Crippen molar-refractivity contribution in [2.75, 3.05) is 28.4 Å². The molecular formula is C34H30N2O16S2.